The third kappa shape index (κ3) is 2.73. The summed E-state index contributed by atoms with van der Waals surface area (Å²) >= 11 is 0. The average molecular weight is 273 g/mol. The van der Waals surface area contributed by atoms with E-state index in [0.29, 0.717) is 18.3 Å². The highest BCUT2D eigenvalue weighted by molar-refractivity contribution is 5.52. The van der Waals surface area contributed by atoms with Gasteiger partial charge >= 0.3 is 0 Å². The molecule has 0 amide bonds. The van der Waals surface area contributed by atoms with Gasteiger partial charge in [-0.3, -0.25) is 4.90 Å². The molecule has 1 atom stereocenters. The fourth-order valence-electron chi connectivity index (χ4n) is 2.61. The standard InChI is InChI=1S/C15H19N3O2/c1-11-4-6-12(7-5-11)15-17-16-14(20-15)9-18-8-2-3-13(18)10-19/h4-7,13,19H,2-3,8-10H2,1H3/t13-/m1/s1. The van der Waals surface area contributed by atoms with E-state index in [9.17, 15) is 5.11 Å². The quantitative estimate of drug-likeness (QED) is 0.923. The summed E-state index contributed by atoms with van der Waals surface area (Å²) < 4.78 is 5.72. The van der Waals surface area contributed by atoms with Crippen LogP contribution in [0.3, 0.4) is 0 Å². The second-order valence-corrected chi connectivity index (χ2v) is 5.32. The average Bonchev–Trinajstić information content (AvgIpc) is 3.09. The lowest BCUT2D eigenvalue weighted by molar-refractivity contribution is 0.144. The fourth-order valence-corrected chi connectivity index (χ4v) is 2.61. The van der Waals surface area contributed by atoms with Gasteiger partial charge < -0.3 is 9.52 Å². The number of nitrogens with zero attached hydrogens (tertiary/aromatic N) is 3. The molecule has 1 aromatic carbocycles. The number of benzene rings is 1. The molecule has 1 aliphatic heterocycles. The van der Waals surface area contributed by atoms with Gasteiger partial charge in [-0.05, 0) is 38.4 Å². The lowest BCUT2D eigenvalue weighted by atomic mass is 10.1. The lowest BCUT2D eigenvalue weighted by Gasteiger charge is -2.20. The van der Waals surface area contributed by atoms with E-state index in [1.54, 1.807) is 0 Å². The van der Waals surface area contributed by atoms with Crippen molar-refractivity contribution < 1.29 is 9.52 Å². The van der Waals surface area contributed by atoms with Gasteiger partial charge in [-0.1, -0.05) is 17.7 Å². The van der Waals surface area contributed by atoms with E-state index < -0.39 is 0 Å². The van der Waals surface area contributed by atoms with Crippen LogP contribution in [0.2, 0.25) is 0 Å². The summed E-state index contributed by atoms with van der Waals surface area (Å²) in [6, 6.07) is 8.26. The van der Waals surface area contributed by atoms with Crippen LogP contribution in [0.5, 0.6) is 0 Å². The molecule has 2 heterocycles. The van der Waals surface area contributed by atoms with Gasteiger partial charge in [-0.15, -0.1) is 10.2 Å². The maximum atomic E-state index is 9.32. The zero-order valence-electron chi connectivity index (χ0n) is 11.6. The summed E-state index contributed by atoms with van der Waals surface area (Å²) in [7, 11) is 0. The molecule has 3 rings (SSSR count). The summed E-state index contributed by atoms with van der Waals surface area (Å²) in [6.07, 6.45) is 2.15. The first-order valence-electron chi connectivity index (χ1n) is 7.00. The monoisotopic (exact) mass is 273 g/mol. The molecule has 1 fully saturated rings. The number of hydrogen-bond donors (Lipinski definition) is 1. The summed E-state index contributed by atoms with van der Waals surface area (Å²) in [5.74, 6) is 1.17. The van der Waals surface area contributed by atoms with Gasteiger partial charge in [-0.25, -0.2) is 0 Å². The van der Waals surface area contributed by atoms with E-state index in [-0.39, 0.29) is 12.6 Å². The topological polar surface area (TPSA) is 62.4 Å². The second kappa shape index (κ2) is 5.73. The lowest BCUT2D eigenvalue weighted by Crippen LogP contribution is -2.31. The number of aryl methyl sites for hydroxylation is 1. The Morgan fingerprint density at radius 2 is 2.10 bits per heavy atom. The molecule has 1 aromatic heterocycles. The maximum Gasteiger partial charge on any atom is 0.247 e. The molecule has 0 aliphatic carbocycles. The first-order chi connectivity index (χ1) is 9.76. The minimum absolute atomic E-state index is 0.193. The molecule has 20 heavy (non-hydrogen) atoms. The van der Waals surface area contributed by atoms with Crippen molar-refractivity contribution in [1.29, 1.82) is 0 Å². The number of rotatable bonds is 4. The fraction of sp³-hybridized carbons (Fsp3) is 0.467. The molecule has 0 unspecified atom stereocenters. The smallest absolute Gasteiger partial charge is 0.247 e. The van der Waals surface area contributed by atoms with E-state index in [1.165, 1.54) is 5.56 Å². The molecule has 1 saturated heterocycles. The predicted molar refractivity (Wildman–Crippen MR) is 75.0 cm³/mol. The van der Waals surface area contributed by atoms with Crippen molar-refractivity contribution in [3.8, 4) is 11.5 Å². The predicted octanol–water partition coefficient (Wildman–Crippen LogP) is 2.00. The van der Waals surface area contributed by atoms with Crippen molar-refractivity contribution >= 4 is 0 Å². The first kappa shape index (κ1) is 13.3. The summed E-state index contributed by atoms with van der Waals surface area (Å²) in [5, 5.41) is 17.5. The normalized spacial score (nSPS) is 19.6. The van der Waals surface area contributed by atoms with Crippen LogP contribution in [0.1, 0.15) is 24.3 Å². The summed E-state index contributed by atoms with van der Waals surface area (Å²) in [5.41, 5.74) is 2.14. The van der Waals surface area contributed by atoms with Crippen molar-refractivity contribution in [3.63, 3.8) is 0 Å². The zero-order valence-corrected chi connectivity index (χ0v) is 11.6. The molecular weight excluding hydrogens is 254 g/mol. The van der Waals surface area contributed by atoms with Gasteiger partial charge in [0.1, 0.15) is 0 Å². The number of likely N-dealkylation sites (tertiary alicyclic amines) is 1. The molecule has 0 radical (unpaired) electrons. The van der Waals surface area contributed by atoms with E-state index in [0.717, 1.165) is 24.9 Å². The number of aliphatic hydroxyl groups is 1. The Morgan fingerprint density at radius 1 is 1.30 bits per heavy atom. The zero-order chi connectivity index (χ0) is 13.9. The Hall–Kier alpha value is -1.72. The van der Waals surface area contributed by atoms with Gasteiger partial charge in [0.2, 0.25) is 11.8 Å². The third-order valence-corrected chi connectivity index (χ3v) is 3.81. The second-order valence-electron chi connectivity index (χ2n) is 5.32. The Morgan fingerprint density at radius 3 is 2.85 bits per heavy atom. The van der Waals surface area contributed by atoms with Gasteiger partial charge in [-0.2, -0.15) is 0 Å². The van der Waals surface area contributed by atoms with E-state index in [4.69, 9.17) is 4.42 Å². The molecule has 5 nitrogen and oxygen atoms in total. The minimum Gasteiger partial charge on any atom is -0.419 e. The van der Waals surface area contributed by atoms with Crippen LogP contribution in [0.25, 0.3) is 11.5 Å². The van der Waals surface area contributed by atoms with Gasteiger partial charge in [0.25, 0.3) is 0 Å². The Balaban J connectivity index is 1.72. The maximum absolute atomic E-state index is 9.32. The van der Waals surface area contributed by atoms with Crippen molar-refractivity contribution in [3.05, 3.63) is 35.7 Å². The molecule has 0 bridgehead atoms. The van der Waals surface area contributed by atoms with Crippen molar-refractivity contribution in [2.45, 2.75) is 32.4 Å². The highest BCUT2D eigenvalue weighted by Crippen LogP contribution is 2.22. The molecule has 106 valence electrons. The van der Waals surface area contributed by atoms with Crippen LogP contribution in [-0.4, -0.2) is 39.4 Å². The van der Waals surface area contributed by atoms with E-state index in [1.807, 2.05) is 31.2 Å². The molecule has 1 aliphatic rings. The molecule has 1 N–H and O–H groups in total. The molecule has 2 aromatic rings. The van der Waals surface area contributed by atoms with Crippen molar-refractivity contribution in [2.24, 2.45) is 0 Å². The molecular formula is C15H19N3O2. The van der Waals surface area contributed by atoms with Gasteiger partial charge in [0.15, 0.2) is 0 Å². The number of aliphatic hydroxyl groups excluding tert-OH is 1. The van der Waals surface area contributed by atoms with Gasteiger partial charge in [0, 0.05) is 11.6 Å². The van der Waals surface area contributed by atoms with E-state index in [2.05, 4.69) is 15.1 Å². The Kier molecular flexibility index (Phi) is 3.80. The minimum atomic E-state index is 0.193. The SMILES string of the molecule is Cc1ccc(-c2nnc(CN3CCC[C@@H]3CO)o2)cc1. The molecule has 0 spiro atoms. The van der Waals surface area contributed by atoms with Crippen LogP contribution in [0.15, 0.2) is 28.7 Å². The Bertz CT molecular complexity index is 565. The highest BCUT2D eigenvalue weighted by Gasteiger charge is 2.25. The molecule has 0 saturated carbocycles. The van der Waals surface area contributed by atoms with Crippen LogP contribution < -0.4 is 0 Å². The largest absolute Gasteiger partial charge is 0.419 e. The number of hydrogen-bond acceptors (Lipinski definition) is 5. The van der Waals surface area contributed by atoms with Crippen molar-refractivity contribution in [2.75, 3.05) is 13.2 Å². The first-order valence-corrected chi connectivity index (χ1v) is 7.00. The van der Waals surface area contributed by atoms with Crippen LogP contribution in [0, 0.1) is 6.92 Å². The third-order valence-electron chi connectivity index (χ3n) is 3.81. The van der Waals surface area contributed by atoms with Crippen LogP contribution >= 0.6 is 0 Å². The summed E-state index contributed by atoms with van der Waals surface area (Å²) in [6.45, 7) is 3.84. The van der Waals surface area contributed by atoms with Crippen LogP contribution in [0.4, 0.5) is 0 Å². The van der Waals surface area contributed by atoms with Crippen molar-refractivity contribution in [1.82, 2.24) is 15.1 Å². The van der Waals surface area contributed by atoms with Crippen LogP contribution in [-0.2, 0) is 6.54 Å². The summed E-state index contributed by atoms with van der Waals surface area (Å²) in [4.78, 5) is 2.20. The molecule has 5 heteroatoms. The highest BCUT2D eigenvalue weighted by atomic mass is 16.4. The van der Waals surface area contributed by atoms with E-state index >= 15 is 0 Å². The number of aromatic nitrogens is 2. The van der Waals surface area contributed by atoms with Gasteiger partial charge in [0.05, 0.1) is 13.2 Å². The Labute approximate surface area is 118 Å².